The highest BCUT2D eigenvalue weighted by Crippen LogP contribution is 2.11. The normalized spacial score (nSPS) is 10.5. The fourth-order valence-corrected chi connectivity index (χ4v) is 2.50. The zero-order chi connectivity index (χ0) is 17.8. The van der Waals surface area contributed by atoms with E-state index in [1.807, 2.05) is 31.2 Å². The molecule has 2 heterocycles. The zero-order valence-electron chi connectivity index (χ0n) is 13.6. The lowest BCUT2D eigenvalue weighted by molar-refractivity contribution is 0.102. The van der Waals surface area contributed by atoms with Crippen molar-refractivity contribution in [2.24, 2.45) is 0 Å². The number of pyridine rings is 2. The maximum absolute atomic E-state index is 12.4. The van der Waals surface area contributed by atoms with Gasteiger partial charge in [-0.2, -0.15) is 0 Å². The predicted octanol–water partition coefficient (Wildman–Crippen LogP) is 3.51. The molecule has 0 radical (unpaired) electrons. The fraction of sp³-hybridized carbons (Fsp3) is 0.105. The first-order valence-corrected chi connectivity index (χ1v) is 8.09. The van der Waals surface area contributed by atoms with Crippen molar-refractivity contribution in [3.05, 3.63) is 93.0 Å². The Labute approximate surface area is 149 Å². The average Bonchev–Trinajstić information content (AvgIpc) is 2.59. The topological polar surface area (TPSA) is 64.0 Å². The number of benzene rings is 1. The first-order chi connectivity index (χ1) is 12.0. The van der Waals surface area contributed by atoms with E-state index in [2.05, 4.69) is 10.3 Å². The van der Waals surface area contributed by atoms with Gasteiger partial charge in [-0.15, -0.1) is 0 Å². The van der Waals surface area contributed by atoms with E-state index in [0.717, 1.165) is 11.3 Å². The van der Waals surface area contributed by atoms with Crippen LogP contribution in [0.1, 0.15) is 21.6 Å². The van der Waals surface area contributed by atoms with Gasteiger partial charge in [0.15, 0.2) is 0 Å². The summed E-state index contributed by atoms with van der Waals surface area (Å²) < 4.78 is 1.49. The molecule has 1 aromatic carbocycles. The summed E-state index contributed by atoms with van der Waals surface area (Å²) >= 11 is 5.87. The highest BCUT2D eigenvalue weighted by atomic mass is 35.5. The van der Waals surface area contributed by atoms with Gasteiger partial charge in [-0.25, -0.2) is 4.98 Å². The summed E-state index contributed by atoms with van der Waals surface area (Å²) in [4.78, 5) is 28.7. The second-order valence-corrected chi connectivity index (χ2v) is 6.07. The van der Waals surface area contributed by atoms with E-state index in [-0.39, 0.29) is 11.5 Å². The van der Waals surface area contributed by atoms with Crippen LogP contribution in [0.25, 0.3) is 0 Å². The average molecular weight is 354 g/mol. The van der Waals surface area contributed by atoms with Gasteiger partial charge in [0.2, 0.25) is 0 Å². The molecule has 0 aliphatic heterocycles. The monoisotopic (exact) mass is 353 g/mol. The van der Waals surface area contributed by atoms with Crippen LogP contribution in [0, 0.1) is 6.92 Å². The van der Waals surface area contributed by atoms with Crippen molar-refractivity contribution in [1.82, 2.24) is 9.55 Å². The summed E-state index contributed by atoms with van der Waals surface area (Å²) in [5.41, 5.74) is 1.94. The van der Waals surface area contributed by atoms with Crippen LogP contribution in [-0.2, 0) is 6.54 Å². The Bertz CT molecular complexity index is 965. The molecule has 0 unspecified atom stereocenters. The Hall–Kier alpha value is -2.92. The van der Waals surface area contributed by atoms with Crippen LogP contribution in [0.15, 0.2) is 65.6 Å². The first-order valence-electron chi connectivity index (χ1n) is 7.71. The summed E-state index contributed by atoms with van der Waals surface area (Å²) in [7, 11) is 0. The summed E-state index contributed by atoms with van der Waals surface area (Å²) in [5, 5.41) is 3.37. The Balaban J connectivity index is 1.82. The van der Waals surface area contributed by atoms with Gasteiger partial charge in [-0.1, -0.05) is 29.8 Å². The van der Waals surface area contributed by atoms with E-state index >= 15 is 0 Å². The highest BCUT2D eigenvalue weighted by Gasteiger charge is 2.09. The minimum absolute atomic E-state index is 0.180. The lowest BCUT2D eigenvalue weighted by atomic mass is 10.2. The molecule has 3 rings (SSSR count). The van der Waals surface area contributed by atoms with Crippen molar-refractivity contribution in [1.29, 1.82) is 0 Å². The van der Waals surface area contributed by atoms with Crippen LogP contribution in [0.5, 0.6) is 0 Å². The van der Waals surface area contributed by atoms with E-state index in [9.17, 15) is 9.59 Å². The van der Waals surface area contributed by atoms with Gasteiger partial charge in [0.1, 0.15) is 5.82 Å². The zero-order valence-corrected chi connectivity index (χ0v) is 14.3. The molecule has 0 fully saturated rings. The summed E-state index contributed by atoms with van der Waals surface area (Å²) in [5.74, 6) is 0.156. The number of nitrogens with one attached hydrogen (secondary N) is 1. The summed E-state index contributed by atoms with van der Waals surface area (Å²) in [6, 6.07) is 15.5. The number of rotatable bonds is 4. The number of carbonyl (C=O) groups is 1. The molecule has 0 saturated carbocycles. The number of aryl methyl sites for hydroxylation is 1. The minimum atomic E-state index is -0.317. The molecule has 0 spiro atoms. The minimum Gasteiger partial charge on any atom is -0.310 e. The van der Waals surface area contributed by atoms with Gasteiger partial charge in [0.25, 0.3) is 11.5 Å². The molecule has 5 nitrogen and oxygen atoms in total. The van der Waals surface area contributed by atoms with Gasteiger partial charge in [-0.05, 0) is 42.8 Å². The quantitative estimate of drug-likeness (QED) is 0.780. The van der Waals surface area contributed by atoms with E-state index in [4.69, 9.17) is 11.6 Å². The number of aromatic nitrogens is 2. The van der Waals surface area contributed by atoms with Gasteiger partial charge in [0, 0.05) is 23.0 Å². The number of anilines is 1. The van der Waals surface area contributed by atoms with Crippen molar-refractivity contribution in [2.75, 3.05) is 5.32 Å². The molecule has 126 valence electrons. The van der Waals surface area contributed by atoms with Crippen LogP contribution in [0.2, 0.25) is 5.02 Å². The molecule has 0 bridgehead atoms. The van der Waals surface area contributed by atoms with E-state index in [1.54, 1.807) is 24.4 Å². The molecule has 1 N–H and O–H groups in total. The number of carbonyl (C=O) groups excluding carboxylic acids is 1. The van der Waals surface area contributed by atoms with Crippen molar-refractivity contribution in [2.45, 2.75) is 13.5 Å². The first kappa shape index (κ1) is 16.9. The Morgan fingerprint density at radius 2 is 1.88 bits per heavy atom. The third kappa shape index (κ3) is 4.33. The molecule has 6 heteroatoms. The molecule has 0 aliphatic rings. The predicted molar refractivity (Wildman–Crippen MR) is 98.2 cm³/mol. The lowest BCUT2D eigenvalue weighted by Crippen LogP contribution is -2.22. The van der Waals surface area contributed by atoms with Crippen LogP contribution in [0.3, 0.4) is 0 Å². The highest BCUT2D eigenvalue weighted by molar-refractivity contribution is 6.30. The molecule has 0 aliphatic carbocycles. The van der Waals surface area contributed by atoms with Crippen molar-refractivity contribution >= 4 is 23.3 Å². The Morgan fingerprint density at radius 1 is 1.12 bits per heavy atom. The standard InChI is InChI=1S/C19H16ClN3O2/c1-13-3-2-4-17(21-13)22-19(25)15-7-10-18(24)23(12-15)11-14-5-8-16(20)9-6-14/h2-10,12H,11H2,1H3,(H,21,22,25). The number of halogens is 1. The van der Waals surface area contributed by atoms with E-state index in [1.165, 1.54) is 16.7 Å². The SMILES string of the molecule is Cc1cccc(NC(=O)c2ccc(=O)n(Cc3ccc(Cl)cc3)c2)n1. The fourth-order valence-electron chi connectivity index (χ4n) is 2.38. The second kappa shape index (κ2) is 7.32. The van der Waals surface area contributed by atoms with Crippen LogP contribution in [0.4, 0.5) is 5.82 Å². The number of nitrogens with zero attached hydrogens (tertiary/aromatic N) is 2. The van der Waals surface area contributed by atoms with Crippen molar-refractivity contribution in [3.8, 4) is 0 Å². The number of hydrogen-bond acceptors (Lipinski definition) is 3. The third-order valence-electron chi connectivity index (χ3n) is 3.64. The molecule has 25 heavy (non-hydrogen) atoms. The molecular formula is C19H16ClN3O2. The molecule has 1 amide bonds. The maximum Gasteiger partial charge on any atom is 0.258 e. The van der Waals surface area contributed by atoms with Crippen LogP contribution < -0.4 is 10.9 Å². The van der Waals surface area contributed by atoms with Gasteiger partial charge in [-0.3, -0.25) is 9.59 Å². The summed E-state index contributed by atoms with van der Waals surface area (Å²) in [6.07, 6.45) is 1.54. The number of amides is 1. The van der Waals surface area contributed by atoms with E-state index in [0.29, 0.717) is 22.9 Å². The van der Waals surface area contributed by atoms with Crippen molar-refractivity contribution < 1.29 is 4.79 Å². The molecule has 2 aromatic heterocycles. The van der Waals surface area contributed by atoms with E-state index < -0.39 is 0 Å². The van der Waals surface area contributed by atoms with Crippen molar-refractivity contribution in [3.63, 3.8) is 0 Å². The summed E-state index contributed by atoms with van der Waals surface area (Å²) in [6.45, 7) is 2.21. The Morgan fingerprint density at radius 3 is 2.60 bits per heavy atom. The third-order valence-corrected chi connectivity index (χ3v) is 3.89. The molecule has 0 atom stereocenters. The van der Waals surface area contributed by atoms with Gasteiger partial charge in [0.05, 0.1) is 12.1 Å². The van der Waals surface area contributed by atoms with Gasteiger partial charge < -0.3 is 9.88 Å². The molecule has 3 aromatic rings. The molecular weight excluding hydrogens is 338 g/mol. The lowest BCUT2D eigenvalue weighted by Gasteiger charge is -2.09. The van der Waals surface area contributed by atoms with Crippen LogP contribution in [-0.4, -0.2) is 15.5 Å². The maximum atomic E-state index is 12.4. The number of hydrogen-bond donors (Lipinski definition) is 1. The molecule has 0 saturated heterocycles. The van der Waals surface area contributed by atoms with Gasteiger partial charge >= 0.3 is 0 Å². The Kier molecular flexibility index (Phi) is 4.95. The smallest absolute Gasteiger partial charge is 0.258 e. The second-order valence-electron chi connectivity index (χ2n) is 5.63. The largest absolute Gasteiger partial charge is 0.310 e. The van der Waals surface area contributed by atoms with Crippen LogP contribution >= 0.6 is 11.6 Å².